The summed E-state index contributed by atoms with van der Waals surface area (Å²) in [6.45, 7) is 0.175. The minimum Gasteiger partial charge on any atom is -0.455 e. The molecule has 0 spiro atoms. The van der Waals surface area contributed by atoms with E-state index in [2.05, 4.69) is 6.07 Å². The maximum Gasteiger partial charge on any atom is 0.216 e. The summed E-state index contributed by atoms with van der Waals surface area (Å²) in [5.41, 5.74) is 3.38. The molecule has 4 aromatic rings. The Bertz CT molecular complexity index is 1510. The van der Waals surface area contributed by atoms with Crippen LogP contribution in [-0.2, 0) is 7.05 Å². The van der Waals surface area contributed by atoms with E-state index in [1.807, 2.05) is 0 Å². The number of furan rings is 1. The van der Waals surface area contributed by atoms with Crippen molar-refractivity contribution in [2.45, 2.75) is 34.5 Å². The van der Waals surface area contributed by atoms with Gasteiger partial charge >= 0.3 is 0 Å². The zero-order valence-electron chi connectivity index (χ0n) is 22.6. The van der Waals surface area contributed by atoms with Crippen molar-refractivity contribution in [3.63, 3.8) is 0 Å². The molecule has 0 amide bonds. The van der Waals surface area contributed by atoms with Gasteiger partial charge in [0.05, 0.1) is 18.6 Å². The Kier molecular flexibility index (Phi) is 2.40. The molecule has 4 rings (SSSR count). The average molecular weight is 363 g/mol. The molecule has 0 bridgehead atoms. The van der Waals surface area contributed by atoms with Gasteiger partial charge in [0.25, 0.3) is 0 Å². The van der Waals surface area contributed by atoms with Gasteiger partial charge in [0.1, 0.15) is 18.2 Å². The lowest BCUT2D eigenvalue weighted by Crippen LogP contribution is -2.36. The number of nitrogens with zero attached hydrogens (tertiary/aromatic N) is 2. The van der Waals surface area contributed by atoms with Gasteiger partial charge in [0, 0.05) is 37.5 Å². The highest BCUT2D eigenvalue weighted by atomic mass is 16.3. The van der Waals surface area contributed by atoms with Gasteiger partial charge in [-0.1, -0.05) is 12.1 Å². The molecular formula is C24H23N2O+. The predicted molar refractivity (Wildman–Crippen MR) is 109 cm³/mol. The van der Waals surface area contributed by atoms with Gasteiger partial charge in [0.15, 0.2) is 5.69 Å². The standard InChI is InChI=1S/C24H23N2O/c1-13-11-19(26(6)17(5)16(13)4)21-14(2)10-15(3)22-23-18(12-25)8-7-9-20(23)27-24(21)22/h7-11H,1-6H3/q+1/i3D3,4D3,11D. The molecule has 134 valence electrons. The number of rotatable bonds is 1. The lowest BCUT2D eigenvalue weighted by atomic mass is 9.94. The second-order valence-corrected chi connectivity index (χ2v) is 6.83. The monoisotopic (exact) mass is 362 g/mol. The first-order valence-corrected chi connectivity index (χ1v) is 8.60. The number of pyridine rings is 1. The Labute approximate surface area is 169 Å². The van der Waals surface area contributed by atoms with Crippen LogP contribution in [0.2, 0.25) is 0 Å². The van der Waals surface area contributed by atoms with Crippen molar-refractivity contribution in [2.24, 2.45) is 7.05 Å². The van der Waals surface area contributed by atoms with Gasteiger partial charge in [-0.3, -0.25) is 0 Å². The molecule has 2 aromatic heterocycles. The van der Waals surface area contributed by atoms with E-state index in [0.717, 1.165) is 0 Å². The van der Waals surface area contributed by atoms with Crippen molar-refractivity contribution in [1.29, 1.82) is 5.26 Å². The molecule has 2 aromatic carbocycles. The minimum absolute atomic E-state index is 0.0196. The SMILES string of the molecule is [2H]c1c(C)c(C([2H])([2H])[2H])c(C)[n+](C)c1-c1c(C)cc(C([2H])([2H])[2H])c2c1oc1cccc(C#N)c12. The number of nitriles is 1. The molecule has 0 saturated carbocycles. The molecule has 0 saturated heterocycles. The maximum absolute atomic E-state index is 9.70. The Morgan fingerprint density at radius 3 is 2.63 bits per heavy atom. The average Bonchev–Trinajstić information content (AvgIpc) is 3.11. The summed E-state index contributed by atoms with van der Waals surface area (Å²) in [6.07, 6.45) is 0. The molecule has 2 heterocycles. The van der Waals surface area contributed by atoms with E-state index in [0.29, 0.717) is 44.4 Å². The highest BCUT2D eigenvalue weighted by Crippen LogP contribution is 2.40. The fraction of sp³-hybridized carbons (Fsp3) is 0.250. The number of hydrogen-bond donors (Lipinski definition) is 0. The number of fused-ring (bicyclic) bond motifs is 3. The van der Waals surface area contributed by atoms with Gasteiger partial charge in [-0.15, -0.1) is 0 Å². The van der Waals surface area contributed by atoms with Gasteiger partial charge in [-0.05, 0) is 56.4 Å². The third-order valence-corrected chi connectivity index (χ3v) is 5.21. The van der Waals surface area contributed by atoms with E-state index in [-0.39, 0.29) is 28.3 Å². The predicted octanol–water partition coefficient (Wildman–Crippen LogP) is 5.49. The number of benzene rings is 2. The summed E-state index contributed by atoms with van der Waals surface area (Å²) in [7, 11) is 1.68. The fourth-order valence-electron chi connectivity index (χ4n) is 3.67. The van der Waals surface area contributed by atoms with Crippen LogP contribution in [0.4, 0.5) is 0 Å². The molecule has 0 unspecified atom stereocenters. The number of hydrogen-bond acceptors (Lipinski definition) is 2. The molecule has 3 heteroatoms. The summed E-state index contributed by atoms with van der Waals surface area (Å²) in [5, 5.41) is 10.4. The molecule has 0 aliphatic heterocycles. The Morgan fingerprint density at radius 2 is 1.93 bits per heavy atom. The maximum atomic E-state index is 9.70. The fourth-order valence-corrected chi connectivity index (χ4v) is 3.67. The minimum atomic E-state index is -2.47. The van der Waals surface area contributed by atoms with Crippen LogP contribution < -0.4 is 4.57 Å². The van der Waals surface area contributed by atoms with E-state index in [9.17, 15) is 5.26 Å². The molecule has 0 aliphatic carbocycles. The second kappa shape index (κ2) is 5.96. The van der Waals surface area contributed by atoms with Crippen LogP contribution in [0, 0.1) is 45.8 Å². The molecular weight excluding hydrogens is 332 g/mol. The first-order valence-electron chi connectivity index (χ1n) is 12.1. The zero-order valence-corrected chi connectivity index (χ0v) is 15.6. The van der Waals surface area contributed by atoms with E-state index in [1.165, 1.54) is 0 Å². The summed E-state index contributed by atoms with van der Waals surface area (Å²) >= 11 is 0. The Hall–Kier alpha value is -3.12. The molecule has 27 heavy (non-hydrogen) atoms. The van der Waals surface area contributed by atoms with Crippen LogP contribution >= 0.6 is 0 Å². The van der Waals surface area contributed by atoms with E-state index >= 15 is 0 Å². The summed E-state index contributed by atoms with van der Waals surface area (Å²) in [4.78, 5) is 0. The van der Waals surface area contributed by atoms with Crippen LogP contribution in [0.1, 0.15) is 43.1 Å². The summed E-state index contributed by atoms with van der Waals surface area (Å²) < 4.78 is 64.9. The lowest BCUT2D eigenvalue weighted by molar-refractivity contribution is -0.667. The van der Waals surface area contributed by atoms with E-state index in [1.54, 1.807) is 56.7 Å². The van der Waals surface area contributed by atoms with E-state index in [4.69, 9.17) is 14.0 Å². The van der Waals surface area contributed by atoms with Crippen molar-refractivity contribution in [1.82, 2.24) is 0 Å². The van der Waals surface area contributed by atoms with Gasteiger partial charge < -0.3 is 4.42 Å². The smallest absolute Gasteiger partial charge is 0.216 e. The van der Waals surface area contributed by atoms with Gasteiger partial charge in [-0.2, -0.15) is 9.83 Å². The lowest BCUT2D eigenvalue weighted by Gasteiger charge is -2.11. The van der Waals surface area contributed by atoms with Gasteiger partial charge in [0.2, 0.25) is 5.69 Å². The zero-order chi connectivity index (χ0) is 25.3. The van der Waals surface area contributed by atoms with Crippen molar-refractivity contribution in [3.05, 3.63) is 63.8 Å². The largest absolute Gasteiger partial charge is 0.455 e. The van der Waals surface area contributed by atoms with Gasteiger partial charge in [-0.25, -0.2) is 0 Å². The first-order chi connectivity index (χ1) is 15.7. The number of aromatic nitrogens is 1. The molecule has 0 fully saturated rings. The quantitative estimate of drug-likeness (QED) is 0.420. The van der Waals surface area contributed by atoms with Crippen molar-refractivity contribution < 1.29 is 18.6 Å². The summed E-state index contributed by atoms with van der Waals surface area (Å²) in [5.74, 6) is 0. The molecule has 0 N–H and O–H groups in total. The Balaban J connectivity index is 2.28. The topological polar surface area (TPSA) is 40.8 Å². The highest BCUT2D eigenvalue weighted by Gasteiger charge is 2.25. The summed E-state index contributed by atoms with van der Waals surface area (Å²) in [6, 6.07) is 8.64. The highest BCUT2D eigenvalue weighted by molar-refractivity contribution is 6.13. The van der Waals surface area contributed by atoms with Crippen LogP contribution in [0.5, 0.6) is 0 Å². The van der Waals surface area contributed by atoms with Crippen molar-refractivity contribution in [3.8, 4) is 17.3 Å². The van der Waals surface area contributed by atoms with E-state index < -0.39 is 13.7 Å². The third-order valence-electron chi connectivity index (χ3n) is 5.21. The first kappa shape index (κ1) is 10.9. The normalized spacial score (nSPS) is 16.0. The van der Waals surface area contributed by atoms with Crippen LogP contribution in [0.15, 0.2) is 34.7 Å². The Morgan fingerprint density at radius 1 is 1.11 bits per heavy atom. The molecule has 3 nitrogen and oxygen atoms in total. The third kappa shape index (κ3) is 2.37. The molecule has 0 aliphatic rings. The molecule has 0 radical (unpaired) electrons. The van der Waals surface area contributed by atoms with Crippen molar-refractivity contribution in [2.75, 3.05) is 0 Å². The second-order valence-electron chi connectivity index (χ2n) is 6.83. The van der Waals surface area contributed by atoms with Crippen molar-refractivity contribution >= 4 is 21.9 Å². The molecule has 0 atom stereocenters. The number of aryl methyl sites for hydroxylation is 2. The van der Waals surface area contributed by atoms with Crippen LogP contribution in [0.3, 0.4) is 0 Å². The van der Waals surface area contributed by atoms with Crippen LogP contribution in [0.25, 0.3) is 33.2 Å². The van der Waals surface area contributed by atoms with Crippen LogP contribution in [-0.4, -0.2) is 0 Å².